The first-order valence-electron chi connectivity index (χ1n) is 8.00. The zero-order valence-electron chi connectivity index (χ0n) is 13.1. The van der Waals surface area contributed by atoms with E-state index in [2.05, 4.69) is 39.8 Å². The zero-order valence-corrected chi connectivity index (χ0v) is 13.1. The smallest absolute Gasteiger partial charge is 0.123 e. The molecule has 1 aromatic carbocycles. The minimum absolute atomic E-state index is 0.367. The summed E-state index contributed by atoms with van der Waals surface area (Å²) in [6, 6.07) is 4.46. The molecule has 20 heavy (non-hydrogen) atoms. The first-order chi connectivity index (χ1) is 9.54. The van der Waals surface area contributed by atoms with Gasteiger partial charge < -0.3 is 9.47 Å². The van der Waals surface area contributed by atoms with E-state index in [1.807, 2.05) is 0 Å². The lowest BCUT2D eigenvalue weighted by atomic mass is 9.86. The molecular weight excluding hydrogens is 248 g/mol. The van der Waals surface area contributed by atoms with E-state index in [-0.39, 0.29) is 0 Å². The number of hydrogen-bond acceptors (Lipinski definition) is 2. The van der Waals surface area contributed by atoms with Gasteiger partial charge in [-0.05, 0) is 60.3 Å². The third kappa shape index (κ3) is 2.53. The van der Waals surface area contributed by atoms with Gasteiger partial charge in [-0.1, -0.05) is 27.7 Å². The molecular formula is C18H26O2. The van der Waals surface area contributed by atoms with Crippen LogP contribution in [-0.4, -0.2) is 12.7 Å². The Morgan fingerprint density at radius 2 is 1.75 bits per heavy atom. The molecule has 0 amide bonds. The molecule has 0 aromatic heterocycles. The predicted octanol–water partition coefficient (Wildman–Crippen LogP) is 4.24. The van der Waals surface area contributed by atoms with Crippen LogP contribution in [0.1, 0.15) is 45.2 Å². The average molecular weight is 274 g/mol. The van der Waals surface area contributed by atoms with Crippen molar-refractivity contribution in [2.24, 2.45) is 17.8 Å². The summed E-state index contributed by atoms with van der Waals surface area (Å²) in [6.45, 7) is 9.91. The monoisotopic (exact) mass is 274 g/mol. The molecule has 2 nitrogen and oxygen atoms in total. The molecule has 0 aliphatic carbocycles. The van der Waals surface area contributed by atoms with E-state index in [4.69, 9.17) is 9.47 Å². The molecule has 1 aromatic rings. The van der Waals surface area contributed by atoms with Gasteiger partial charge in [0.1, 0.15) is 17.6 Å². The van der Waals surface area contributed by atoms with E-state index in [1.54, 1.807) is 0 Å². The highest BCUT2D eigenvalue weighted by molar-refractivity contribution is 5.48. The van der Waals surface area contributed by atoms with Crippen molar-refractivity contribution in [3.8, 4) is 11.5 Å². The van der Waals surface area contributed by atoms with Gasteiger partial charge >= 0.3 is 0 Å². The van der Waals surface area contributed by atoms with Gasteiger partial charge in [-0.3, -0.25) is 0 Å². The number of ether oxygens (including phenoxy) is 2. The molecule has 0 saturated heterocycles. The Hall–Kier alpha value is -1.18. The second-order valence-electron chi connectivity index (χ2n) is 7.03. The van der Waals surface area contributed by atoms with Gasteiger partial charge in [0, 0.05) is 0 Å². The SMILES string of the molecule is CC(C)C1COc2cc3c(cc2C1)OC(C(C)C)CC3. The van der Waals surface area contributed by atoms with Crippen molar-refractivity contribution in [1.29, 1.82) is 0 Å². The van der Waals surface area contributed by atoms with Gasteiger partial charge in [-0.25, -0.2) is 0 Å². The quantitative estimate of drug-likeness (QED) is 0.803. The summed E-state index contributed by atoms with van der Waals surface area (Å²) in [5, 5.41) is 0. The van der Waals surface area contributed by atoms with E-state index in [1.165, 1.54) is 11.1 Å². The van der Waals surface area contributed by atoms with Crippen LogP contribution < -0.4 is 9.47 Å². The Balaban J connectivity index is 1.86. The molecule has 2 aliphatic heterocycles. The summed E-state index contributed by atoms with van der Waals surface area (Å²) < 4.78 is 12.2. The Morgan fingerprint density at radius 3 is 2.45 bits per heavy atom. The molecule has 2 atom stereocenters. The normalized spacial score (nSPS) is 24.9. The number of aryl methyl sites for hydroxylation is 1. The van der Waals surface area contributed by atoms with Gasteiger partial charge in [0.05, 0.1) is 6.61 Å². The van der Waals surface area contributed by atoms with E-state index in [0.717, 1.165) is 37.4 Å². The lowest BCUT2D eigenvalue weighted by Gasteiger charge is -2.32. The molecule has 0 spiro atoms. The minimum Gasteiger partial charge on any atom is -0.493 e. The lowest BCUT2D eigenvalue weighted by Crippen LogP contribution is -2.29. The second kappa shape index (κ2) is 5.31. The standard InChI is InChI=1S/C18H26O2/c1-11(2)15-7-14-9-18-13(8-17(14)19-10-15)5-6-16(20-18)12(3)4/h8-9,11-12,15-16H,5-7,10H2,1-4H3. The highest BCUT2D eigenvalue weighted by Crippen LogP contribution is 2.39. The highest BCUT2D eigenvalue weighted by Gasteiger charge is 2.27. The minimum atomic E-state index is 0.367. The summed E-state index contributed by atoms with van der Waals surface area (Å²) >= 11 is 0. The molecule has 2 aliphatic rings. The summed E-state index contributed by atoms with van der Waals surface area (Å²) in [6.07, 6.45) is 3.72. The first kappa shape index (κ1) is 13.8. The summed E-state index contributed by atoms with van der Waals surface area (Å²) in [7, 11) is 0. The maximum Gasteiger partial charge on any atom is 0.123 e. The van der Waals surface area contributed by atoms with Gasteiger partial charge in [0.2, 0.25) is 0 Å². The van der Waals surface area contributed by atoms with Crippen LogP contribution in [0.5, 0.6) is 11.5 Å². The summed E-state index contributed by atoms with van der Waals surface area (Å²) in [5.41, 5.74) is 2.65. The first-order valence-corrected chi connectivity index (χ1v) is 8.00. The summed E-state index contributed by atoms with van der Waals surface area (Å²) in [4.78, 5) is 0. The van der Waals surface area contributed by atoms with Crippen molar-refractivity contribution in [1.82, 2.24) is 0 Å². The molecule has 0 saturated carbocycles. The number of hydrogen-bond donors (Lipinski definition) is 0. The third-order valence-corrected chi connectivity index (χ3v) is 4.84. The second-order valence-corrected chi connectivity index (χ2v) is 7.03. The Labute approximate surface area is 122 Å². The molecule has 0 N–H and O–H groups in total. The van der Waals surface area contributed by atoms with Gasteiger partial charge in [-0.15, -0.1) is 0 Å². The molecule has 3 rings (SSSR count). The van der Waals surface area contributed by atoms with Crippen molar-refractivity contribution >= 4 is 0 Å². The van der Waals surface area contributed by atoms with Crippen LogP contribution in [0.3, 0.4) is 0 Å². The molecule has 2 heteroatoms. The fourth-order valence-corrected chi connectivity index (χ4v) is 3.20. The topological polar surface area (TPSA) is 18.5 Å². The van der Waals surface area contributed by atoms with Crippen LogP contribution in [-0.2, 0) is 12.8 Å². The average Bonchev–Trinajstić information content (AvgIpc) is 2.43. The highest BCUT2D eigenvalue weighted by atomic mass is 16.5. The van der Waals surface area contributed by atoms with Crippen LogP contribution >= 0.6 is 0 Å². The largest absolute Gasteiger partial charge is 0.493 e. The van der Waals surface area contributed by atoms with Crippen LogP contribution in [0.25, 0.3) is 0 Å². The van der Waals surface area contributed by atoms with Crippen LogP contribution in [0.15, 0.2) is 12.1 Å². The Kier molecular flexibility index (Phi) is 3.66. The fourth-order valence-electron chi connectivity index (χ4n) is 3.20. The maximum atomic E-state index is 6.20. The van der Waals surface area contributed by atoms with Crippen molar-refractivity contribution in [2.75, 3.05) is 6.61 Å². The predicted molar refractivity (Wildman–Crippen MR) is 81.5 cm³/mol. The van der Waals surface area contributed by atoms with E-state index < -0.39 is 0 Å². The van der Waals surface area contributed by atoms with Crippen molar-refractivity contribution in [2.45, 2.75) is 53.1 Å². The zero-order chi connectivity index (χ0) is 14.3. The molecule has 0 radical (unpaired) electrons. The van der Waals surface area contributed by atoms with E-state index >= 15 is 0 Å². The summed E-state index contributed by atoms with van der Waals surface area (Å²) in [5.74, 6) is 4.07. The number of fused-ring (bicyclic) bond motifs is 2. The van der Waals surface area contributed by atoms with E-state index in [0.29, 0.717) is 23.9 Å². The fraction of sp³-hybridized carbons (Fsp3) is 0.667. The van der Waals surface area contributed by atoms with Crippen LogP contribution in [0, 0.1) is 17.8 Å². The van der Waals surface area contributed by atoms with Gasteiger partial charge in [0.15, 0.2) is 0 Å². The van der Waals surface area contributed by atoms with Crippen LogP contribution in [0.2, 0.25) is 0 Å². The molecule has 110 valence electrons. The van der Waals surface area contributed by atoms with Crippen molar-refractivity contribution in [3.05, 3.63) is 23.3 Å². The van der Waals surface area contributed by atoms with Crippen molar-refractivity contribution < 1.29 is 9.47 Å². The van der Waals surface area contributed by atoms with Gasteiger partial charge in [-0.2, -0.15) is 0 Å². The van der Waals surface area contributed by atoms with Crippen LogP contribution in [0.4, 0.5) is 0 Å². The molecule has 2 unspecified atom stereocenters. The Bertz CT molecular complexity index is 449. The van der Waals surface area contributed by atoms with Gasteiger partial charge in [0.25, 0.3) is 0 Å². The molecule has 0 bridgehead atoms. The lowest BCUT2D eigenvalue weighted by molar-refractivity contribution is 0.125. The number of benzene rings is 1. The maximum absolute atomic E-state index is 6.20. The van der Waals surface area contributed by atoms with E-state index in [9.17, 15) is 0 Å². The molecule has 2 heterocycles. The number of rotatable bonds is 2. The third-order valence-electron chi connectivity index (χ3n) is 4.84. The van der Waals surface area contributed by atoms with Crippen molar-refractivity contribution in [3.63, 3.8) is 0 Å². The Morgan fingerprint density at radius 1 is 1.00 bits per heavy atom. The molecule has 0 fully saturated rings.